The van der Waals surface area contributed by atoms with E-state index >= 15 is 0 Å². The minimum Gasteiger partial charge on any atom is -0.326 e. The first-order chi connectivity index (χ1) is 11.1. The van der Waals surface area contributed by atoms with Gasteiger partial charge in [-0.25, -0.2) is 4.90 Å². The van der Waals surface area contributed by atoms with Crippen molar-refractivity contribution in [1.29, 1.82) is 0 Å². The van der Waals surface area contributed by atoms with Crippen LogP contribution in [0.3, 0.4) is 0 Å². The Hall–Kier alpha value is -2.21. The molecule has 6 heteroatoms. The Bertz CT molecular complexity index is 620. The SMILES string of the molecule is CC(=O)Nc1ccc(N2C(=O)C[C@@H]([NH+]3CCCCC3)C2=O)cc1. The van der Waals surface area contributed by atoms with E-state index in [-0.39, 0.29) is 23.8 Å². The zero-order valence-electron chi connectivity index (χ0n) is 13.3. The van der Waals surface area contributed by atoms with Crippen molar-refractivity contribution in [3.05, 3.63) is 24.3 Å². The lowest BCUT2D eigenvalue weighted by molar-refractivity contribution is -0.919. The number of nitrogens with zero attached hydrogens (tertiary/aromatic N) is 1. The summed E-state index contributed by atoms with van der Waals surface area (Å²) in [5, 5.41) is 2.67. The van der Waals surface area contributed by atoms with Gasteiger partial charge in [0.05, 0.1) is 25.2 Å². The van der Waals surface area contributed by atoms with Crippen LogP contribution in [0.4, 0.5) is 11.4 Å². The Morgan fingerprint density at radius 3 is 2.39 bits per heavy atom. The number of benzene rings is 1. The highest BCUT2D eigenvalue weighted by molar-refractivity contribution is 6.21. The van der Waals surface area contributed by atoms with Crippen LogP contribution in [0.5, 0.6) is 0 Å². The summed E-state index contributed by atoms with van der Waals surface area (Å²) >= 11 is 0. The van der Waals surface area contributed by atoms with Gasteiger partial charge in [-0.05, 0) is 43.5 Å². The molecule has 2 saturated heterocycles. The van der Waals surface area contributed by atoms with E-state index in [1.54, 1.807) is 24.3 Å². The standard InChI is InChI=1S/C17H21N3O3/c1-12(21)18-13-5-7-14(8-6-13)20-16(22)11-15(17(20)23)19-9-3-2-4-10-19/h5-8,15H,2-4,9-11H2,1H3,(H,18,21)/p+1/t15-/m1/s1. The number of imide groups is 1. The van der Waals surface area contributed by atoms with Gasteiger partial charge in [-0.3, -0.25) is 14.4 Å². The van der Waals surface area contributed by atoms with Crippen LogP contribution < -0.4 is 15.1 Å². The van der Waals surface area contributed by atoms with Crippen LogP contribution in [0.15, 0.2) is 24.3 Å². The van der Waals surface area contributed by atoms with Crippen molar-refractivity contribution < 1.29 is 19.3 Å². The zero-order chi connectivity index (χ0) is 16.4. The lowest BCUT2D eigenvalue weighted by Gasteiger charge is -2.27. The van der Waals surface area contributed by atoms with Crippen LogP contribution >= 0.6 is 0 Å². The molecular weight excluding hydrogens is 294 g/mol. The van der Waals surface area contributed by atoms with E-state index in [9.17, 15) is 14.4 Å². The number of amides is 3. The third kappa shape index (κ3) is 3.27. The normalized spacial score (nSPS) is 22.5. The van der Waals surface area contributed by atoms with Crippen molar-refractivity contribution in [2.75, 3.05) is 23.3 Å². The summed E-state index contributed by atoms with van der Waals surface area (Å²) in [6.07, 6.45) is 3.76. The molecule has 0 spiro atoms. The molecule has 0 saturated carbocycles. The predicted molar refractivity (Wildman–Crippen MR) is 86.2 cm³/mol. The van der Waals surface area contributed by atoms with Crippen LogP contribution in [0.25, 0.3) is 0 Å². The second kappa shape index (κ2) is 6.50. The second-order valence-corrected chi connectivity index (χ2v) is 6.27. The molecule has 3 amide bonds. The fourth-order valence-electron chi connectivity index (χ4n) is 3.47. The Labute approximate surface area is 135 Å². The Kier molecular flexibility index (Phi) is 4.43. The minimum absolute atomic E-state index is 0.0980. The molecular formula is C17H22N3O3+. The molecule has 0 unspecified atom stereocenters. The first-order valence-corrected chi connectivity index (χ1v) is 8.15. The van der Waals surface area contributed by atoms with Crippen molar-refractivity contribution in [2.45, 2.75) is 38.6 Å². The third-order valence-corrected chi connectivity index (χ3v) is 4.58. The average molecular weight is 316 g/mol. The lowest BCUT2D eigenvalue weighted by Crippen LogP contribution is -3.17. The maximum absolute atomic E-state index is 12.7. The van der Waals surface area contributed by atoms with Crippen LogP contribution in [0.2, 0.25) is 0 Å². The molecule has 2 heterocycles. The highest BCUT2D eigenvalue weighted by Crippen LogP contribution is 2.24. The molecule has 1 aromatic carbocycles. The molecule has 0 radical (unpaired) electrons. The molecule has 2 fully saturated rings. The number of rotatable bonds is 3. The number of carbonyl (C=O) groups excluding carboxylic acids is 3. The third-order valence-electron chi connectivity index (χ3n) is 4.58. The summed E-state index contributed by atoms with van der Waals surface area (Å²) in [4.78, 5) is 38.6. The Morgan fingerprint density at radius 1 is 1.13 bits per heavy atom. The van der Waals surface area contributed by atoms with Crippen LogP contribution in [0, 0.1) is 0 Å². The number of likely N-dealkylation sites (tertiary alicyclic amines) is 1. The molecule has 3 rings (SSSR count). The van der Waals surface area contributed by atoms with Crippen molar-refractivity contribution in [1.82, 2.24) is 0 Å². The second-order valence-electron chi connectivity index (χ2n) is 6.27. The van der Waals surface area contributed by atoms with Gasteiger partial charge in [-0.2, -0.15) is 0 Å². The van der Waals surface area contributed by atoms with Crippen molar-refractivity contribution in [3.8, 4) is 0 Å². The molecule has 2 N–H and O–H groups in total. The fourth-order valence-corrected chi connectivity index (χ4v) is 3.47. The van der Waals surface area contributed by atoms with Crippen LogP contribution in [-0.2, 0) is 14.4 Å². The largest absolute Gasteiger partial charge is 0.326 e. The van der Waals surface area contributed by atoms with E-state index in [1.165, 1.54) is 23.1 Å². The van der Waals surface area contributed by atoms with Crippen LogP contribution in [-0.4, -0.2) is 36.9 Å². The lowest BCUT2D eigenvalue weighted by atomic mass is 10.1. The molecule has 23 heavy (non-hydrogen) atoms. The molecule has 1 aromatic rings. The Balaban J connectivity index is 1.75. The van der Waals surface area contributed by atoms with E-state index in [0.29, 0.717) is 17.8 Å². The summed E-state index contributed by atoms with van der Waals surface area (Å²) in [6.45, 7) is 3.38. The summed E-state index contributed by atoms with van der Waals surface area (Å²) in [6, 6.07) is 6.58. The molecule has 2 aliphatic heterocycles. The van der Waals surface area contributed by atoms with Gasteiger partial charge in [0.15, 0.2) is 6.04 Å². The number of carbonyl (C=O) groups is 3. The van der Waals surface area contributed by atoms with Gasteiger partial charge in [-0.15, -0.1) is 0 Å². The number of hydrogen-bond donors (Lipinski definition) is 2. The van der Waals surface area contributed by atoms with E-state index in [1.807, 2.05) is 0 Å². The topological polar surface area (TPSA) is 70.9 Å². The summed E-state index contributed by atoms with van der Waals surface area (Å²) < 4.78 is 0. The molecule has 0 aliphatic carbocycles. The number of nitrogens with one attached hydrogen (secondary N) is 2. The monoisotopic (exact) mass is 316 g/mol. The smallest absolute Gasteiger partial charge is 0.292 e. The number of piperidine rings is 1. The van der Waals surface area contributed by atoms with Crippen LogP contribution in [0.1, 0.15) is 32.6 Å². The van der Waals surface area contributed by atoms with Gasteiger partial charge in [0, 0.05) is 12.6 Å². The minimum atomic E-state index is -0.238. The molecule has 122 valence electrons. The van der Waals surface area contributed by atoms with Crippen molar-refractivity contribution >= 4 is 29.1 Å². The maximum Gasteiger partial charge on any atom is 0.292 e. The van der Waals surface area contributed by atoms with Gasteiger partial charge in [0.1, 0.15) is 0 Å². The highest BCUT2D eigenvalue weighted by Gasteiger charge is 2.45. The first-order valence-electron chi connectivity index (χ1n) is 8.15. The van der Waals surface area contributed by atoms with Gasteiger partial charge in [0.2, 0.25) is 11.8 Å². The highest BCUT2D eigenvalue weighted by atomic mass is 16.2. The summed E-state index contributed by atoms with van der Waals surface area (Å²) in [5.74, 6) is -0.385. The number of quaternary nitrogens is 1. The van der Waals surface area contributed by atoms with E-state index in [4.69, 9.17) is 0 Å². The Morgan fingerprint density at radius 2 is 1.78 bits per heavy atom. The van der Waals surface area contributed by atoms with Crippen molar-refractivity contribution in [3.63, 3.8) is 0 Å². The predicted octanol–water partition coefficient (Wildman–Crippen LogP) is 0.346. The van der Waals surface area contributed by atoms with Gasteiger partial charge >= 0.3 is 0 Å². The van der Waals surface area contributed by atoms with Gasteiger partial charge < -0.3 is 10.2 Å². The molecule has 2 aliphatic rings. The number of hydrogen-bond acceptors (Lipinski definition) is 3. The van der Waals surface area contributed by atoms with Gasteiger partial charge in [-0.1, -0.05) is 0 Å². The molecule has 0 aromatic heterocycles. The maximum atomic E-state index is 12.7. The summed E-state index contributed by atoms with van der Waals surface area (Å²) in [5.41, 5.74) is 1.23. The summed E-state index contributed by atoms with van der Waals surface area (Å²) in [7, 11) is 0. The van der Waals surface area contributed by atoms with E-state index in [2.05, 4.69) is 5.32 Å². The molecule has 0 bridgehead atoms. The van der Waals surface area contributed by atoms with Crippen molar-refractivity contribution in [2.24, 2.45) is 0 Å². The number of anilines is 2. The van der Waals surface area contributed by atoms with Gasteiger partial charge in [0.25, 0.3) is 5.91 Å². The van der Waals surface area contributed by atoms with E-state index in [0.717, 1.165) is 25.9 Å². The molecule has 6 nitrogen and oxygen atoms in total. The zero-order valence-corrected chi connectivity index (χ0v) is 13.3. The fraction of sp³-hybridized carbons (Fsp3) is 0.471. The first kappa shape index (κ1) is 15.7. The molecule has 1 atom stereocenters. The average Bonchev–Trinajstić information content (AvgIpc) is 2.83. The quantitative estimate of drug-likeness (QED) is 0.790. The van der Waals surface area contributed by atoms with E-state index < -0.39 is 0 Å².